The molecule has 6 heteroatoms. The molecule has 2 amide bonds. The van der Waals surface area contributed by atoms with Crippen molar-refractivity contribution in [3.63, 3.8) is 0 Å². The lowest BCUT2D eigenvalue weighted by molar-refractivity contribution is -0.127. The second kappa shape index (κ2) is 5.63. The Balaban J connectivity index is 2.13. The highest BCUT2D eigenvalue weighted by Crippen LogP contribution is 2.45. The molecule has 0 atom stereocenters. The number of fused-ring (bicyclic) bond motifs is 1. The van der Waals surface area contributed by atoms with Crippen LogP contribution in [0.3, 0.4) is 0 Å². The molecule has 1 aliphatic rings. The standard InChI is InChI=1S/C15H19NO5/c1-5-7-12(17)16(4)14(18)19-10-8-6-9-11-13(10)21-15(2,3)20-11/h6,8-9H,5,7H2,1-4H3. The maximum Gasteiger partial charge on any atom is 0.421 e. The first kappa shape index (κ1) is 15.2. The van der Waals surface area contributed by atoms with Crippen molar-refractivity contribution >= 4 is 12.0 Å². The van der Waals surface area contributed by atoms with Crippen molar-refractivity contribution in [1.29, 1.82) is 0 Å². The molecule has 0 unspecified atom stereocenters. The van der Waals surface area contributed by atoms with E-state index in [9.17, 15) is 9.59 Å². The number of nitrogens with zero attached hydrogens (tertiary/aromatic N) is 1. The SMILES string of the molecule is CCCC(=O)N(C)C(=O)Oc1cccc2c1OC(C)(C)O2. The van der Waals surface area contributed by atoms with Gasteiger partial charge in [0.15, 0.2) is 11.5 Å². The largest absolute Gasteiger partial charge is 0.449 e. The van der Waals surface area contributed by atoms with Gasteiger partial charge in [0, 0.05) is 27.3 Å². The number of hydrogen-bond donors (Lipinski definition) is 0. The molecule has 0 saturated carbocycles. The van der Waals surface area contributed by atoms with Crippen molar-refractivity contribution in [3.05, 3.63) is 18.2 Å². The van der Waals surface area contributed by atoms with Gasteiger partial charge in [0.2, 0.25) is 17.4 Å². The Hall–Kier alpha value is -2.24. The summed E-state index contributed by atoms with van der Waals surface area (Å²) in [4.78, 5) is 24.6. The minimum absolute atomic E-state index is 0.235. The van der Waals surface area contributed by atoms with Crippen LogP contribution in [0, 0.1) is 0 Å². The van der Waals surface area contributed by atoms with Crippen molar-refractivity contribution in [2.75, 3.05) is 7.05 Å². The predicted octanol–water partition coefficient (Wildman–Crippen LogP) is 2.95. The van der Waals surface area contributed by atoms with Crippen LogP contribution in [-0.2, 0) is 4.79 Å². The fourth-order valence-corrected chi connectivity index (χ4v) is 1.93. The highest BCUT2D eigenvalue weighted by Gasteiger charge is 2.35. The van der Waals surface area contributed by atoms with Gasteiger partial charge in [-0.2, -0.15) is 0 Å². The predicted molar refractivity (Wildman–Crippen MR) is 75.5 cm³/mol. The normalized spacial score (nSPS) is 14.7. The molecule has 0 N–H and O–H groups in total. The van der Waals surface area contributed by atoms with Crippen LogP contribution < -0.4 is 14.2 Å². The van der Waals surface area contributed by atoms with Gasteiger partial charge >= 0.3 is 6.09 Å². The summed E-state index contributed by atoms with van der Waals surface area (Å²) in [5.41, 5.74) is 0. The molecule has 0 spiro atoms. The second-order valence-electron chi connectivity index (χ2n) is 5.26. The van der Waals surface area contributed by atoms with Crippen LogP contribution in [0.25, 0.3) is 0 Å². The zero-order valence-corrected chi connectivity index (χ0v) is 12.6. The van der Waals surface area contributed by atoms with Gasteiger partial charge in [-0.1, -0.05) is 13.0 Å². The molecule has 0 bridgehead atoms. The van der Waals surface area contributed by atoms with Gasteiger partial charge in [-0.3, -0.25) is 9.69 Å². The van der Waals surface area contributed by atoms with E-state index in [-0.39, 0.29) is 11.7 Å². The van der Waals surface area contributed by atoms with E-state index >= 15 is 0 Å². The third-order valence-electron chi connectivity index (χ3n) is 2.96. The first-order valence-corrected chi connectivity index (χ1v) is 6.83. The Morgan fingerprint density at radius 3 is 2.67 bits per heavy atom. The van der Waals surface area contributed by atoms with Gasteiger partial charge in [0.05, 0.1) is 0 Å². The van der Waals surface area contributed by atoms with Gasteiger partial charge in [-0.15, -0.1) is 0 Å². The van der Waals surface area contributed by atoms with Crippen LogP contribution in [-0.4, -0.2) is 29.7 Å². The number of carbonyl (C=O) groups is 2. The van der Waals surface area contributed by atoms with Gasteiger partial charge in [-0.25, -0.2) is 4.79 Å². The lowest BCUT2D eigenvalue weighted by atomic mass is 10.3. The molecular formula is C15H19NO5. The fourth-order valence-electron chi connectivity index (χ4n) is 1.93. The second-order valence-corrected chi connectivity index (χ2v) is 5.26. The van der Waals surface area contributed by atoms with Crippen LogP contribution >= 0.6 is 0 Å². The number of carbonyl (C=O) groups excluding carboxylic acids is 2. The molecule has 1 aliphatic heterocycles. The summed E-state index contributed by atoms with van der Waals surface area (Å²) in [5.74, 6) is 0.0150. The van der Waals surface area contributed by atoms with Crippen LogP contribution in [0.2, 0.25) is 0 Å². The topological polar surface area (TPSA) is 65.1 Å². The van der Waals surface area contributed by atoms with Crippen molar-refractivity contribution < 1.29 is 23.8 Å². The molecule has 2 rings (SSSR count). The molecule has 6 nitrogen and oxygen atoms in total. The molecule has 0 aromatic heterocycles. The zero-order valence-electron chi connectivity index (χ0n) is 12.6. The van der Waals surface area contributed by atoms with Gasteiger partial charge in [0.1, 0.15) is 0 Å². The van der Waals surface area contributed by atoms with E-state index in [0.29, 0.717) is 24.3 Å². The maximum atomic E-state index is 12.0. The average molecular weight is 293 g/mol. The van der Waals surface area contributed by atoms with Crippen molar-refractivity contribution in [3.8, 4) is 17.2 Å². The van der Waals surface area contributed by atoms with Gasteiger partial charge in [0.25, 0.3) is 0 Å². The number of imide groups is 1. The monoisotopic (exact) mass is 293 g/mol. The minimum Gasteiger partial charge on any atom is -0.449 e. The van der Waals surface area contributed by atoms with Crippen LogP contribution in [0.4, 0.5) is 4.79 Å². The fraction of sp³-hybridized carbons (Fsp3) is 0.467. The number of benzene rings is 1. The summed E-state index contributed by atoms with van der Waals surface area (Å²) in [5, 5.41) is 0. The van der Waals surface area contributed by atoms with Crippen LogP contribution in [0.5, 0.6) is 17.2 Å². The highest BCUT2D eigenvalue weighted by atomic mass is 16.7. The Morgan fingerprint density at radius 2 is 2.00 bits per heavy atom. The Kier molecular flexibility index (Phi) is 4.06. The van der Waals surface area contributed by atoms with E-state index < -0.39 is 11.9 Å². The van der Waals surface area contributed by atoms with E-state index in [2.05, 4.69) is 0 Å². The molecule has 0 fully saturated rings. The number of rotatable bonds is 3. The van der Waals surface area contributed by atoms with Gasteiger partial charge < -0.3 is 14.2 Å². The quantitative estimate of drug-likeness (QED) is 0.857. The maximum absolute atomic E-state index is 12.0. The Labute approximate surface area is 123 Å². The molecular weight excluding hydrogens is 274 g/mol. The van der Waals surface area contributed by atoms with E-state index in [1.165, 1.54) is 7.05 Å². The summed E-state index contributed by atoms with van der Waals surface area (Å²) in [6.07, 6.45) is 0.225. The number of para-hydroxylation sites is 1. The number of amides is 2. The summed E-state index contributed by atoms with van der Waals surface area (Å²) in [6.45, 7) is 5.39. The minimum atomic E-state index is -0.811. The first-order valence-electron chi connectivity index (χ1n) is 6.83. The molecule has 1 heterocycles. The van der Waals surface area contributed by atoms with E-state index in [4.69, 9.17) is 14.2 Å². The molecule has 114 valence electrons. The van der Waals surface area contributed by atoms with E-state index in [0.717, 1.165) is 4.90 Å². The van der Waals surface area contributed by atoms with Crippen LogP contribution in [0.15, 0.2) is 18.2 Å². The third-order valence-corrected chi connectivity index (χ3v) is 2.96. The van der Waals surface area contributed by atoms with Crippen LogP contribution in [0.1, 0.15) is 33.6 Å². The lowest BCUT2D eigenvalue weighted by Gasteiger charge is -2.17. The molecule has 0 aliphatic carbocycles. The smallest absolute Gasteiger partial charge is 0.421 e. The Bertz CT molecular complexity index is 567. The summed E-state index contributed by atoms with van der Waals surface area (Å²) >= 11 is 0. The van der Waals surface area contributed by atoms with E-state index in [1.807, 2.05) is 6.92 Å². The van der Waals surface area contributed by atoms with Crippen molar-refractivity contribution in [2.45, 2.75) is 39.4 Å². The van der Waals surface area contributed by atoms with Crippen molar-refractivity contribution in [1.82, 2.24) is 4.90 Å². The molecule has 0 radical (unpaired) electrons. The highest BCUT2D eigenvalue weighted by molar-refractivity contribution is 5.92. The molecule has 1 aromatic rings. The lowest BCUT2D eigenvalue weighted by Crippen LogP contribution is -2.35. The average Bonchev–Trinajstić information content (AvgIpc) is 2.73. The molecule has 21 heavy (non-hydrogen) atoms. The summed E-state index contributed by atoms with van der Waals surface area (Å²) in [7, 11) is 1.39. The van der Waals surface area contributed by atoms with Gasteiger partial charge in [-0.05, 0) is 18.6 Å². The molecule has 0 saturated heterocycles. The third kappa shape index (κ3) is 3.26. The first-order chi connectivity index (χ1) is 9.84. The van der Waals surface area contributed by atoms with Crippen molar-refractivity contribution in [2.24, 2.45) is 0 Å². The van der Waals surface area contributed by atoms with E-state index in [1.54, 1.807) is 32.0 Å². The Morgan fingerprint density at radius 1 is 1.29 bits per heavy atom. The summed E-state index contributed by atoms with van der Waals surface area (Å²) < 4.78 is 16.4. The molecule has 1 aromatic carbocycles. The number of hydrogen-bond acceptors (Lipinski definition) is 5. The number of ether oxygens (including phenoxy) is 3. The zero-order chi connectivity index (χ0) is 15.6. The summed E-state index contributed by atoms with van der Waals surface area (Å²) in [6, 6.07) is 5.02.